The second kappa shape index (κ2) is 5.00. The van der Waals surface area contributed by atoms with E-state index in [9.17, 15) is 9.59 Å². The number of rotatable bonds is 2. The molecule has 1 aromatic heterocycles. The summed E-state index contributed by atoms with van der Waals surface area (Å²) in [5, 5.41) is 1.88. The summed E-state index contributed by atoms with van der Waals surface area (Å²) in [6.45, 7) is 1.93. The Labute approximate surface area is 114 Å². The van der Waals surface area contributed by atoms with E-state index < -0.39 is 0 Å². The number of anilines is 1. The first-order valence-electron chi connectivity index (χ1n) is 6.05. The molecule has 19 heavy (non-hydrogen) atoms. The minimum Gasteiger partial charge on any atom is -0.341 e. The van der Waals surface area contributed by atoms with E-state index in [1.807, 2.05) is 0 Å². The van der Waals surface area contributed by atoms with Gasteiger partial charge < -0.3 is 4.90 Å². The lowest BCUT2D eigenvalue weighted by atomic mass is 10.3. The maximum Gasteiger partial charge on any atom is 0.290 e. The molecule has 3 rings (SSSR count). The highest BCUT2D eigenvalue weighted by Gasteiger charge is 2.25. The third kappa shape index (κ3) is 2.60. The van der Waals surface area contributed by atoms with Crippen molar-refractivity contribution in [1.82, 2.24) is 15.3 Å². The molecule has 0 aliphatic carbocycles. The van der Waals surface area contributed by atoms with Crippen LogP contribution in [0.2, 0.25) is 0 Å². The summed E-state index contributed by atoms with van der Waals surface area (Å²) in [6.07, 6.45) is 5.60. The van der Waals surface area contributed by atoms with Crippen LogP contribution in [-0.4, -0.2) is 34.2 Å². The maximum atomic E-state index is 11.5. The van der Waals surface area contributed by atoms with Gasteiger partial charge in [-0.05, 0) is 36.7 Å². The van der Waals surface area contributed by atoms with Crippen molar-refractivity contribution < 1.29 is 9.59 Å². The molecule has 1 N–H and O–H groups in total. The highest BCUT2D eigenvalue weighted by Crippen LogP contribution is 2.25. The molecule has 2 saturated heterocycles. The lowest BCUT2D eigenvalue weighted by Gasteiger charge is -2.14. The Balaban J connectivity index is 1.85. The number of thioether (sulfide) groups is 1. The van der Waals surface area contributed by atoms with Gasteiger partial charge in [0.05, 0.1) is 10.6 Å². The minimum atomic E-state index is -0.365. The summed E-state index contributed by atoms with van der Waals surface area (Å²) < 4.78 is 0. The normalized spacial score (nSPS) is 21.3. The first-order chi connectivity index (χ1) is 9.22. The quantitative estimate of drug-likeness (QED) is 0.823. The monoisotopic (exact) mass is 276 g/mol. The molecule has 2 fully saturated rings. The van der Waals surface area contributed by atoms with Gasteiger partial charge in [-0.3, -0.25) is 14.9 Å². The molecule has 0 saturated carbocycles. The van der Waals surface area contributed by atoms with Crippen LogP contribution in [0, 0.1) is 0 Å². The number of amides is 2. The summed E-state index contributed by atoms with van der Waals surface area (Å²) in [5.74, 6) is 0.318. The topological polar surface area (TPSA) is 75.2 Å². The van der Waals surface area contributed by atoms with E-state index >= 15 is 0 Å². The van der Waals surface area contributed by atoms with Crippen LogP contribution in [0.5, 0.6) is 0 Å². The maximum absolute atomic E-state index is 11.5. The molecule has 2 aliphatic rings. The zero-order chi connectivity index (χ0) is 13.2. The van der Waals surface area contributed by atoms with Gasteiger partial charge in [-0.15, -0.1) is 0 Å². The van der Waals surface area contributed by atoms with Gasteiger partial charge in [0.15, 0.2) is 0 Å². The van der Waals surface area contributed by atoms with Gasteiger partial charge in [-0.2, -0.15) is 0 Å². The van der Waals surface area contributed by atoms with Crippen molar-refractivity contribution in [1.29, 1.82) is 0 Å². The van der Waals surface area contributed by atoms with Crippen LogP contribution in [0.15, 0.2) is 17.2 Å². The van der Waals surface area contributed by atoms with Gasteiger partial charge in [0.25, 0.3) is 11.1 Å². The highest BCUT2D eigenvalue weighted by atomic mass is 32.2. The van der Waals surface area contributed by atoms with Crippen LogP contribution in [0.25, 0.3) is 6.08 Å². The van der Waals surface area contributed by atoms with E-state index in [0.29, 0.717) is 16.5 Å². The molecule has 0 atom stereocenters. The molecule has 98 valence electrons. The Kier molecular flexibility index (Phi) is 3.20. The first kappa shape index (κ1) is 12.2. The molecule has 0 spiro atoms. The van der Waals surface area contributed by atoms with E-state index in [0.717, 1.165) is 37.7 Å². The van der Waals surface area contributed by atoms with Crippen molar-refractivity contribution in [3.63, 3.8) is 0 Å². The van der Waals surface area contributed by atoms with Crippen molar-refractivity contribution in [2.24, 2.45) is 0 Å². The van der Waals surface area contributed by atoms with E-state index in [1.165, 1.54) is 0 Å². The fourth-order valence-electron chi connectivity index (χ4n) is 2.07. The lowest BCUT2D eigenvalue weighted by Crippen LogP contribution is -2.20. The van der Waals surface area contributed by atoms with Gasteiger partial charge in [-0.1, -0.05) is 0 Å². The van der Waals surface area contributed by atoms with E-state index in [2.05, 4.69) is 20.2 Å². The molecule has 7 heteroatoms. The van der Waals surface area contributed by atoms with Crippen molar-refractivity contribution in [3.05, 3.63) is 22.9 Å². The van der Waals surface area contributed by atoms with Crippen LogP contribution in [0.4, 0.5) is 10.7 Å². The number of aromatic nitrogens is 2. The van der Waals surface area contributed by atoms with Crippen LogP contribution >= 0.6 is 11.8 Å². The van der Waals surface area contributed by atoms with Crippen molar-refractivity contribution in [2.45, 2.75) is 12.8 Å². The van der Waals surface area contributed by atoms with Gasteiger partial charge in [0, 0.05) is 19.3 Å². The summed E-state index contributed by atoms with van der Waals surface area (Å²) in [6, 6.07) is 1.73. The van der Waals surface area contributed by atoms with E-state index in [-0.39, 0.29) is 11.1 Å². The second-order valence-electron chi connectivity index (χ2n) is 4.33. The van der Waals surface area contributed by atoms with Gasteiger partial charge in [0.1, 0.15) is 0 Å². The smallest absolute Gasteiger partial charge is 0.290 e. The Hall–Kier alpha value is -1.89. The predicted octanol–water partition coefficient (Wildman–Crippen LogP) is 1.40. The van der Waals surface area contributed by atoms with Crippen LogP contribution < -0.4 is 10.2 Å². The standard InChI is InChI=1S/C12H12N4O2S/c17-10-9(19-12(18)15-10)7-8-3-4-13-11(14-8)16-5-1-2-6-16/h3-4,7H,1-2,5-6H2,(H,15,17,18). The summed E-state index contributed by atoms with van der Waals surface area (Å²) in [5.41, 5.74) is 0.643. The number of nitrogens with one attached hydrogen (secondary N) is 1. The third-order valence-corrected chi connectivity index (χ3v) is 3.78. The Morgan fingerprint density at radius 3 is 2.79 bits per heavy atom. The summed E-state index contributed by atoms with van der Waals surface area (Å²) >= 11 is 0.894. The molecule has 6 nitrogen and oxygen atoms in total. The zero-order valence-corrected chi connectivity index (χ0v) is 10.9. The Bertz CT molecular complexity index is 567. The molecular weight excluding hydrogens is 264 g/mol. The number of nitrogens with zero attached hydrogens (tertiary/aromatic N) is 3. The minimum absolute atomic E-state index is 0.343. The molecular formula is C12H12N4O2S. The molecule has 0 radical (unpaired) electrons. The summed E-state index contributed by atoms with van der Waals surface area (Å²) in [4.78, 5) is 33.7. The van der Waals surface area contributed by atoms with Gasteiger partial charge >= 0.3 is 0 Å². The van der Waals surface area contributed by atoms with Crippen LogP contribution in [0.3, 0.4) is 0 Å². The van der Waals surface area contributed by atoms with Crippen molar-refractivity contribution in [2.75, 3.05) is 18.0 Å². The SMILES string of the molecule is O=C1NC(=O)C(=Cc2ccnc(N3CCCC3)n2)S1. The fourth-order valence-corrected chi connectivity index (χ4v) is 2.73. The molecule has 2 amide bonds. The summed E-state index contributed by atoms with van der Waals surface area (Å²) in [7, 11) is 0. The van der Waals surface area contributed by atoms with Gasteiger partial charge in [-0.25, -0.2) is 9.97 Å². The molecule has 1 aromatic rings. The molecule has 3 heterocycles. The largest absolute Gasteiger partial charge is 0.341 e. The van der Waals surface area contributed by atoms with Gasteiger partial charge in [0.2, 0.25) is 5.95 Å². The third-order valence-electron chi connectivity index (χ3n) is 2.97. The number of carbonyl (C=O) groups is 2. The number of hydrogen-bond donors (Lipinski definition) is 1. The molecule has 0 aromatic carbocycles. The number of hydrogen-bond acceptors (Lipinski definition) is 6. The fraction of sp³-hybridized carbons (Fsp3) is 0.333. The van der Waals surface area contributed by atoms with Crippen molar-refractivity contribution in [3.8, 4) is 0 Å². The van der Waals surface area contributed by atoms with Crippen LogP contribution in [-0.2, 0) is 4.79 Å². The van der Waals surface area contributed by atoms with E-state index in [4.69, 9.17) is 0 Å². The number of imide groups is 1. The van der Waals surface area contributed by atoms with Crippen LogP contribution in [0.1, 0.15) is 18.5 Å². The second-order valence-corrected chi connectivity index (χ2v) is 5.34. The highest BCUT2D eigenvalue weighted by molar-refractivity contribution is 8.18. The van der Waals surface area contributed by atoms with E-state index in [1.54, 1.807) is 18.3 Å². The lowest BCUT2D eigenvalue weighted by molar-refractivity contribution is -0.115. The number of carbonyl (C=O) groups excluding carboxylic acids is 2. The molecule has 0 unspecified atom stereocenters. The molecule has 2 aliphatic heterocycles. The zero-order valence-electron chi connectivity index (χ0n) is 10.1. The average molecular weight is 276 g/mol. The van der Waals surface area contributed by atoms with Crippen molar-refractivity contribution >= 4 is 34.9 Å². The Morgan fingerprint density at radius 1 is 1.32 bits per heavy atom. The predicted molar refractivity (Wildman–Crippen MR) is 72.6 cm³/mol. The first-order valence-corrected chi connectivity index (χ1v) is 6.87. The molecule has 0 bridgehead atoms. The Morgan fingerprint density at radius 2 is 2.11 bits per heavy atom. The average Bonchev–Trinajstić information content (AvgIpc) is 3.01.